The van der Waals surface area contributed by atoms with Crippen LogP contribution < -0.4 is 4.74 Å². The predicted molar refractivity (Wildman–Crippen MR) is 81.4 cm³/mol. The van der Waals surface area contributed by atoms with Gasteiger partial charge in [0.1, 0.15) is 12.4 Å². The van der Waals surface area contributed by atoms with Gasteiger partial charge < -0.3 is 14.6 Å². The van der Waals surface area contributed by atoms with Gasteiger partial charge in [-0.25, -0.2) is 0 Å². The normalized spacial score (nSPS) is 26.9. The van der Waals surface area contributed by atoms with Crippen molar-refractivity contribution in [1.82, 2.24) is 4.90 Å². The molecule has 4 heteroatoms. The van der Waals surface area contributed by atoms with Gasteiger partial charge in [-0.15, -0.1) is 0 Å². The number of likely N-dealkylation sites (tertiary alicyclic amines) is 1. The van der Waals surface area contributed by atoms with Crippen molar-refractivity contribution in [2.24, 2.45) is 0 Å². The molecule has 116 valence electrons. The molecule has 0 radical (unpaired) electrons. The zero-order valence-electron chi connectivity index (χ0n) is 12.5. The first-order valence-electron chi connectivity index (χ1n) is 8.03. The van der Waals surface area contributed by atoms with E-state index in [1.165, 1.54) is 5.56 Å². The maximum absolute atomic E-state index is 9.70. The molecule has 2 atom stereocenters. The number of hydrogen-bond acceptors (Lipinski definition) is 4. The molecule has 1 aromatic carbocycles. The van der Waals surface area contributed by atoms with E-state index in [4.69, 9.17) is 9.47 Å². The minimum atomic E-state index is -0.159. The van der Waals surface area contributed by atoms with Gasteiger partial charge in [0, 0.05) is 19.7 Å². The van der Waals surface area contributed by atoms with Crippen LogP contribution in [-0.2, 0) is 11.3 Å². The van der Waals surface area contributed by atoms with E-state index in [1.807, 2.05) is 12.1 Å². The number of ether oxygens (including phenoxy) is 2. The van der Waals surface area contributed by atoms with E-state index in [-0.39, 0.29) is 12.2 Å². The largest absolute Gasteiger partial charge is 0.491 e. The van der Waals surface area contributed by atoms with Crippen LogP contribution in [-0.4, -0.2) is 48.5 Å². The lowest BCUT2D eigenvalue weighted by Crippen LogP contribution is -2.37. The number of rotatable bonds is 5. The lowest BCUT2D eigenvalue weighted by Gasteiger charge is -2.29. The van der Waals surface area contributed by atoms with Gasteiger partial charge in [-0.1, -0.05) is 12.1 Å². The lowest BCUT2D eigenvalue weighted by molar-refractivity contribution is 0.0665. The summed E-state index contributed by atoms with van der Waals surface area (Å²) in [5.74, 6) is 0.910. The fraction of sp³-hybridized carbons (Fsp3) is 0.647. The molecule has 0 saturated carbocycles. The summed E-state index contributed by atoms with van der Waals surface area (Å²) in [6.45, 7) is 4.29. The van der Waals surface area contributed by atoms with Gasteiger partial charge in [-0.05, 0) is 49.9 Å². The van der Waals surface area contributed by atoms with Crippen LogP contribution in [0.2, 0.25) is 0 Å². The van der Waals surface area contributed by atoms with Crippen LogP contribution in [0.5, 0.6) is 5.75 Å². The SMILES string of the molecule is OC1CCCN(Cc2ccc(OCC3CCCO3)cc2)C1. The first-order chi connectivity index (χ1) is 10.3. The highest BCUT2D eigenvalue weighted by Crippen LogP contribution is 2.18. The molecule has 2 aliphatic rings. The van der Waals surface area contributed by atoms with Crippen LogP contribution in [0.4, 0.5) is 0 Å². The third-order valence-corrected chi connectivity index (χ3v) is 4.27. The molecule has 0 aliphatic carbocycles. The first kappa shape index (κ1) is 14.8. The number of aliphatic hydroxyl groups is 1. The van der Waals surface area contributed by atoms with E-state index in [2.05, 4.69) is 17.0 Å². The zero-order valence-corrected chi connectivity index (χ0v) is 12.5. The van der Waals surface area contributed by atoms with Crippen molar-refractivity contribution in [2.45, 2.75) is 44.4 Å². The van der Waals surface area contributed by atoms with E-state index in [0.29, 0.717) is 6.61 Å². The summed E-state index contributed by atoms with van der Waals surface area (Å²) in [6.07, 6.45) is 4.38. The Morgan fingerprint density at radius 3 is 2.76 bits per heavy atom. The summed E-state index contributed by atoms with van der Waals surface area (Å²) < 4.78 is 11.3. The molecule has 21 heavy (non-hydrogen) atoms. The highest BCUT2D eigenvalue weighted by molar-refractivity contribution is 5.27. The Morgan fingerprint density at radius 2 is 2.05 bits per heavy atom. The maximum atomic E-state index is 9.70. The van der Waals surface area contributed by atoms with Gasteiger partial charge in [0.15, 0.2) is 0 Å². The van der Waals surface area contributed by atoms with Crippen molar-refractivity contribution >= 4 is 0 Å². The number of β-amino-alcohol motifs (C(OH)–C–C–N with tert-alkyl or cyclic N) is 1. The summed E-state index contributed by atoms with van der Waals surface area (Å²) in [5.41, 5.74) is 1.27. The second kappa shape index (κ2) is 7.25. The minimum Gasteiger partial charge on any atom is -0.491 e. The molecular formula is C17H25NO3. The molecule has 0 bridgehead atoms. The first-order valence-corrected chi connectivity index (χ1v) is 8.03. The topological polar surface area (TPSA) is 41.9 Å². The third kappa shape index (κ3) is 4.43. The number of piperidine rings is 1. The van der Waals surface area contributed by atoms with Crippen molar-refractivity contribution in [1.29, 1.82) is 0 Å². The Bertz CT molecular complexity index is 428. The molecule has 0 aromatic heterocycles. The fourth-order valence-corrected chi connectivity index (χ4v) is 3.09. The Hall–Kier alpha value is -1.10. The predicted octanol–water partition coefficient (Wildman–Crippen LogP) is 2.20. The van der Waals surface area contributed by atoms with Crippen molar-refractivity contribution in [2.75, 3.05) is 26.3 Å². The number of hydrogen-bond donors (Lipinski definition) is 1. The summed E-state index contributed by atoms with van der Waals surface area (Å²) in [6, 6.07) is 8.30. The van der Waals surface area contributed by atoms with Crippen LogP contribution in [0.3, 0.4) is 0 Å². The minimum absolute atomic E-state index is 0.159. The van der Waals surface area contributed by atoms with Gasteiger partial charge in [0.05, 0.1) is 12.2 Å². The summed E-state index contributed by atoms with van der Waals surface area (Å²) in [5, 5.41) is 9.70. The van der Waals surface area contributed by atoms with Gasteiger partial charge in [-0.3, -0.25) is 4.90 Å². The number of benzene rings is 1. The molecule has 2 saturated heterocycles. The standard InChI is InChI=1S/C17H25NO3/c19-15-3-1-9-18(12-15)11-14-5-7-16(8-6-14)21-13-17-4-2-10-20-17/h5-8,15,17,19H,1-4,9-13H2. The van der Waals surface area contributed by atoms with Gasteiger partial charge >= 0.3 is 0 Å². The van der Waals surface area contributed by atoms with Crippen LogP contribution in [0.1, 0.15) is 31.2 Å². The number of aliphatic hydroxyl groups excluding tert-OH is 1. The second-order valence-corrected chi connectivity index (χ2v) is 6.12. The lowest BCUT2D eigenvalue weighted by atomic mass is 10.1. The average molecular weight is 291 g/mol. The maximum Gasteiger partial charge on any atom is 0.119 e. The van der Waals surface area contributed by atoms with E-state index >= 15 is 0 Å². The monoisotopic (exact) mass is 291 g/mol. The molecule has 3 rings (SSSR count). The zero-order chi connectivity index (χ0) is 14.5. The van der Waals surface area contributed by atoms with E-state index in [1.54, 1.807) is 0 Å². The molecule has 4 nitrogen and oxygen atoms in total. The Kier molecular flexibility index (Phi) is 5.12. The summed E-state index contributed by atoms with van der Waals surface area (Å²) >= 11 is 0. The van der Waals surface area contributed by atoms with Gasteiger partial charge in [0.2, 0.25) is 0 Å². The van der Waals surface area contributed by atoms with Crippen molar-refractivity contribution in [3.63, 3.8) is 0 Å². The van der Waals surface area contributed by atoms with Crippen LogP contribution in [0.25, 0.3) is 0 Å². The second-order valence-electron chi connectivity index (χ2n) is 6.12. The van der Waals surface area contributed by atoms with Crippen LogP contribution in [0, 0.1) is 0 Å². The van der Waals surface area contributed by atoms with Gasteiger partial charge in [-0.2, -0.15) is 0 Å². The molecular weight excluding hydrogens is 266 g/mol. The smallest absolute Gasteiger partial charge is 0.119 e. The molecule has 1 aromatic rings. The third-order valence-electron chi connectivity index (χ3n) is 4.27. The molecule has 1 N–H and O–H groups in total. The van der Waals surface area contributed by atoms with Crippen LogP contribution >= 0.6 is 0 Å². The quantitative estimate of drug-likeness (QED) is 0.903. The summed E-state index contributed by atoms with van der Waals surface area (Å²) in [4.78, 5) is 2.32. The average Bonchev–Trinajstić information content (AvgIpc) is 3.00. The highest BCUT2D eigenvalue weighted by Gasteiger charge is 2.18. The Labute approximate surface area is 126 Å². The molecule has 0 spiro atoms. The molecule has 2 heterocycles. The van der Waals surface area contributed by atoms with E-state index < -0.39 is 0 Å². The highest BCUT2D eigenvalue weighted by atomic mass is 16.5. The number of nitrogens with zero attached hydrogens (tertiary/aromatic N) is 1. The Morgan fingerprint density at radius 1 is 1.19 bits per heavy atom. The van der Waals surface area contributed by atoms with Crippen molar-refractivity contribution < 1.29 is 14.6 Å². The van der Waals surface area contributed by atoms with E-state index in [9.17, 15) is 5.11 Å². The van der Waals surface area contributed by atoms with Gasteiger partial charge in [0.25, 0.3) is 0 Å². The fourth-order valence-electron chi connectivity index (χ4n) is 3.09. The molecule has 2 fully saturated rings. The summed E-state index contributed by atoms with van der Waals surface area (Å²) in [7, 11) is 0. The van der Waals surface area contributed by atoms with Crippen molar-refractivity contribution in [3.05, 3.63) is 29.8 Å². The van der Waals surface area contributed by atoms with Crippen molar-refractivity contribution in [3.8, 4) is 5.75 Å². The molecule has 2 aliphatic heterocycles. The molecule has 0 amide bonds. The van der Waals surface area contributed by atoms with E-state index in [0.717, 1.165) is 57.7 Å². The molecule has 2 unspecified atom stereocenters. The Balaban J connectivity index is 1.46. The van der Waals surface area contributed by atoms with Crippen LogP contribution in [0.15, 0.2) is 24.3 Å².